The Labute approximate surface area is 179 Å². The summed E-state index contributed by atoms with van der Waals surface area (Å²) < 4.78 is 5.41. The topological polar surface area (TPSA) is 54.4 Å². The average molecular weight is 401 g/mol. The van der Waals surface area contributed by atoms with Gasteiger partial charge >= 0.3 is 5.97 Å². The zero-order valence-corrected chi connectivity index (χ0v) is 17.6. The van der Waals surface area contributed by atoms with Gasteiger partial charge in [-0.25, -0.2) is 9.64 Å². The number of ether oxygens (including phenoxy) is 1. The summed E-state index contributed by atoms with van der Waals surface area (Å²) in [5.41, 5.74) is 2.28. The zero-order valence-electron chi connectivity index (χ0n) is 17.6. The van der Waals surface area contributed by atoms with Gasteiger partial charge in [0.1, 0.15) is 5.75 Å². The summed E-state index contributed by atoms with van der Waals surface area (Å²) in [6.45, 7) is 9.49. The maximum absolute atomic E-state index is 12.5. The molecule has 30 heavy (non-hydrogen) atoms. The largest absolute Gasteiger partial charge is 0.435 e. The molecule has 1 aliphatic carbocycles. The number of esters is 1. The minimum atomic E-state index is -0.490. The molecule has 1 aliphatic rings. The van der Waals surface area contributed by atoms with Gasteiger partial charge in [-0.1, -0.05) is 44.7 Å². The molecule has 2 aromatic carbocycles. The molecule has 0 unspecified atom stereocenters. The molecule has 0 amide bonds. The summed E-state index contributed by atoms with van der Waals surface area (Å²) in [5, 5.41) is 8.94. The lowest BCUT2D eigenvalue weighted by Gasteiger charge is -2.29. The van der Waals surface area contributed by atoms with Crippen molar-refractivity contribution in [2.75, 3.05) is 0 Å². The van der Waals surface area contributed by atoms with Crippen molar-refractivity contribution in [2.24, 2.45) is 5.92 Å². The maximum atomic E-state index is 12.5. The van der Waals surface area contributed by atoms with Crippen molar-refractivity contribution >= 4 is 11.7 Å². The number of hydrogen-bond acceptors (Lipinski definition) is 3. The van der Waals surface area contributed by atoms with Crippen LogP contribution >= 0.6 is 0 Å². The molecule has 0 spiro atoms. The lowest BCUT2D eigenvalue weighted by molar-refractivity contribution is 0.0736. The van der Waals surface area contributed by atoms with Crippen molar-refractivity contribution in [1.29, 1.82) is 5.26 Å². The molecule has 4 heteroatoms. The average Bonchev–Trinajstić information content (AvgIpc) is 2.80. The Kier molecular flexibility index (Phi) is 7.63. The van der Waals surface area contributed by atoms with Gasteiger partial charge in [-0.2, -0.15) is 5.26 Å². The Hall–Kier alpha value is -3.11. The summed E-state index contributed by atoms with van der Waals surface area (Å²) >= 11 is 0. The van der Waals surface area contributed by atoms with Crippen LogP contribution in [0.2, 0.25) is 0 Å². The van der Waals surface area contributed by atoms with Gasteiger partial charge in [-0.05, 0) is 73.4 Å². The first kappa shape index (κ1) is 21.6. The second-order valence-electron chi connectivity index (χ2n) is 8.13. The van der Waals surface area contributed by atoms with E-state index < -0.39 is 5.97 Å². The van der Waals surface area contributed by atoms with E-state index >= 15 is 0 Å². The first-order valence-corrected chi connectivity index (χ1v) is 10.9. The predicted octanol–water partition coefficient (Wildman–Crippen LogP) is 7.18. The third-order valence-corrected chi connectivity index (χ3v) is 6.09. The van der Waals surface area contributed by atoms with Crippen molar-refractivity contribution in [2.45, 2.75) is 64.2 Å². The summed E-state index contributed by atoms with van der Waals surface area (Å²) in [7, 11) is 0. The van der Waals surface area contributed by atoms with Crippen LogP contribution in [0.4, 0.5) is 5.69 Å². The number of benzene rings is 2. The van der Waals surface area contributed by atoms with Crippen molar-refractivity contribution in [3.8, 4) is 11.8 Å². The molecule has 0 N–H and O–H groups in total. The van der Waals surface area contributed by atoms with Gasteiger partial charge < -0.3 is 4.74 Å². The minimum Gasteiger partial charge on any atom is -0.435 e. The van der Waals surface area contributed by atoms with Crippen molar-refractivity contribution in [3.05, 3.63) is 70.6 Å². The van der Waals surface area contributed by atoms with Gasteiger partial charge in [0.15, 0.2) is 0 Å². The van der Waals surface area contributed by atoms with E-state index in [4.69, 9.17) is 16.6 Å². The highest BCUT2D eigenvalue weighted by molar-refractivity contribution is 5.92. The molecule has 0 atom stereocenters. The Balaban J connectivity index is 1.58. The Morgan fingerprint density at radius 2 is 1.87 bits per heavy atom. The number of unbranched alkanes of at least 4 members (excludes halogenated alkanes) is 2. The molecule has 0 bridgehead atoms. The van der Waals surface area contributed by atoms with Gasteiger partial charge in [0, 0.05) is 5.56 Å². The lowest BCUT2D eigenvalue weighted by atomic mass is 9.77. The predicted molar refractivity (Wildman–Crippen MR) is 118 cm³/mol. The SMILES string of the molecule is [C-]#[N+]c1cc(C#N)ccc1OC(=O)c1ccc(C2CCC(CCCCC)CC2)cc1. The van der Waals surface area contributed by atoms with E-state index in [0.717, 1.165) is 5.92 Å². The summed E-state index contributed by atoms with van der Waals surface area (Å²) in [5.74, 6) is 1.14. The van der Waals surface area contributed by atoms with Crippen LogP contribution in [0.15, 0.2) is 42.5 Å². The minimum absolute atomic E-state index is 0.162. The molecule has 0 saturated heterocycles. The molecule has 0 aromatic heterocycles. The zero-order chi connectivity index (χ0) is 21.3. The molecule has 1 fully saturated rings. The molecule has 4 nitrogen and oxygen atoms in total. The Morgan fingerprint density at radius 3 is 2.50 bits per heavy atom. The normalized spacial score (nSPS) is 18.2. The highest BCUT2D eigenvalue weighted by atomic mass is 16.5. The monoisotopic (exact) mass is 400 g/mol. The summed E-state index contributed by atoms with van der Waals surface area (Å²) in [6, 6.07) is 14.1. The van der Waals surface area contributed by atoms with E-state index in [1.807, 2.05) is 30.3 Å². The Bertz CT molecular complexity index is 942. The van der Waals surface area contributed by atoms with E-state index in [1.54, 1.807) is 6.07 Å². The van der Waals surface area contributed by atoms with Crippen LogP contribution in [-0.4, -0.2) is 5.97 Å². The number of carbonyl (C=O) groups is 1. The first-order chi connectivity index (χ1) is 14.6. The quantitative estimate of drug-likeness (QED) is 0.214. The van der Waals surface area contributed by atoms with Crippen LogP contribution < -0.4 is 4.74 Å². The molecule has 0 radical (unpaired) electrons. The van der Waals surface area contributed by atoms with Crippen molar-refractivity contribution < 1.29 is 9.53 Å². The van der Waals surface area contributed by atoms with Crippen LogP contribution in [0.3, 0.4) is 0 Å². The fourth-order valence-electron chi connectivity index (χ4n) is 4.28. The number of nitrogens with zero attached hydrogens (tertiary/aromatic N) is 2. The number of carbonyl (C=O) groups excluding carboxylic acids is 1. The van der Waals surface area contributed by atoms with Crippen LogP contribution in [0.25, 0.3) is 4.85 Å². The second-order valence-corrected chi connectivity index (χ2v) is 8.13. The molecule has 3 rings (SSSR count). The third kappa shape index (κ3) is 5.49. The highest BCUT2D eigenvalue weighted by Crippen LogP contribution is 2.38. The highest BCUT2D eigenvalue weighted by Gasteiger charge is 2.22. The van der Waals surface area contributed by atoms with Gasteiger partial charge in [0.2, 0.25) is 5.69 Å². The van der Waals surface area contributed by atoms with Crippen LogP contribution in [-0.2, 0) is 0 Å². The van der Waals surface area contributed by atoms with E-state index in [0.29, 0.717) is 17.0 Å². The smallest absolute Gasteiger partial charge is 0.342 e. The van der Waals surface area contributed by atoms with E-state index in [1.165, 1.54) is 69.1 Å². The second kappa shape index (κ2) is 10.6. The molecule has 0 heterocycles. The van der Waals surface area contributed by atoms with Crippen LogP contribution in [0.5, 0.6) is 5.75 Å². The number of rotatable bonds is 7. The first-order valence-electron chi connectivity index (χ1n) is 10.9. The molecular weight excluding hydrogens is 372 g/mol. The summed E-state index contributed by atoms with van der Waals surface area (Å²) in [6.07, 6.45) is 10.4. The standard InChI is InChI=1S/C26H28N2O2/c1-3-4-5-6-19-7-10-21(11-8-19)22-12-14-23(15-13-22)26(29)30-25-16-9-20(18-27)17-24(25)28-2/h9,12-17,19,21H,3-8,10-11H2,1H3. The maximum Gasteiger partial charge on any atom is 0.342 e. The Morgan fingerprint density at radius 1 is 1.13 bits per heavy atom. The number of hydrogen-bond donors (Lipinski definition) is 0. The number of nitriles is 1. The molecule has 1 saturated carbocycles. The van der Waals surface area contributed by atoms with Gasteiger partial charge in [-0.15, -0.1) is 0 Å². The molecule has 2 aromatic rings. The van der Waals surface area contributed by atoms with E-state index in [-0.39, 0.29) is 11.4 Å². The summed E-state index contributed by atoms with van der Waals surface area (Å²) in [4.78, 5) is 15.9. The fourth-order valence-corrected chi connectivity index (χ4v) is 4.28. The fraction of sp³-hybridized carbons (Fsp3) is 0.423. The molecule has 154 valence electrons. The molecular formula is C26H28N2O2. The molecule has 0 aliphatic heterocycles. The van der Waals surface area contributed by atoms with E-state index in [9.17, 15) is 4.79 Å². The van der Waals surface area contributed by atoms with Gasteiger partial charge in [0.05, 0.1) is 18.2 Å². The lowest BCUT2D eigenvalue weighted by Crippen LogP contribution is -2.14. The van der Waals surface area contributed by atoms with Gasteiger partial charge in [0.25, 0.3) is 0 Å². The van der Waals surface area contributed by atoms with Crippen LogP contribution in [0.1, 0.15) is 85.7 Å². The van der Waals surface area contributed by atoms with E-state index in [2.05, 4.69) is 11.8 Å². The van der Waals surface area contributed by atoms with Crippen LogP contribution in [0, 0.1) is 23.8 Å². The van der Waals surface area contributed by atoms with Gasteiger partial charge in [-0.3, -0.25) is 0 Å². The third-order valence-electron chi connectivity index (χ3n) is 6.09. The van der Waals surface area contributed by atoms with Crippen molar-refractivity contribution in [1.82, 2.24) is 0 Å². The van der Waals surface area contributed by atoms with Crippen molar-refractivity contribution in [3.63, 3.8) is 0 Å².